The van der Waals surface area contributed by atoms with E-state index in [4.69, 9.17) is 10.5 Å². The Morgan fingerprint density at radius 3 is 1.50 bits per heavy atom. The molecule has 0 atom stereocenters. The fourth-order valence-electron chi connectivity index (χ4n) is 0.944. The highest BCUT2D eigenvalue weighted by molar-refractivity contribution is 5.48. The van der Waals surface area contributed by atoms with Gasteiger partial charge in [-0.05, 0) is 10.4 Å². The quantitative estimate of drug-likeness (QED) is 0.537. The summed E-state index contributed by atoms with van der Waals surface area (Å²) in [6.45, 7) is 7.28. The maximum atomic E-state index is 8.69. The van der Waals surface area contributed by atoms with Crippen LogP contribution in [0.1, 0.15) is 11.1 Å². The standard InChI is InChI=1S/C10H6N2/c1-7-3-4-8(2)10(6-12)9(7)5-11/h3-4H,1-2H2. The molecule has 0 aliphatic rings. The van der Waals surface area contributed by atoms with Crippen LogP contribution in [-0.2, 0) is 0 Å². The molecule has 0 radical (unpaired) electrons. The Morgan fingerprint density at radius 1 is 0.917 bits per heavy atom. The average molecular weight is 154 g/mol. The van der Waals surface area contributed by atoms with Crippen molar-refractivity contribution >= 4 is 13.2 Å². The molecule has 2 heteroatoms. The summed E-state index contributed by atoms with van der Waals surface area (Å²) in [6.07, 6.45) is 0. The van der Waals surface area contributed by atoms with Gasteiger partial charge in [0, 0.05) is 0 Å². The topological polar surface area (TPSA) is 47.6 Å². The van der Waals surface area contributed by atoms with Crippen LogP contribution in [0.4, 0.5) is 0 Å². The molecule has 0 N–H and O–H groups in total. The number of hydrogen-bond donors (Lipinski definition) is 0. The molecular weight excluding hydrogens is 148 g/mol. The third-order valence-corrected chi connectivity index (χ3v) is 1.60. The van der Waals surface area contributed by atoms with Crippen molar-refractivity contribution in [3.8, 4) is 12.1 Å². The van der Waals surface area contributed by atoms with Gasteiger partial charge in [-0.2, -0.15) is 10.5 Å². The first kappa shape index (κ1) is 8.04. The lowest BCUT2D eigenvalue weighted by Gasteiger charge is -1.93. The van der Waals surface area contributed by atoms with Crippen molar-refractivity contribution in [1.29, 1.82) is 10.5 Å². The minimum atomic E-state index is 0.324. The molecule has 0 aliphatic heterocycles. The van der Waals surface area contributed by atoms with Crippen LogP contribution in [0.15, 0.2) is 12.1 Å². The van der Waals surface area contributed by atoms with Gasteiger partial charge in [-0.15, -0.1) is 0 Å². The minimum Gasteiger partial charge on any atom is -0.192 e. The Bertz CT molecular complexity index is 439. The second-order valence-electron chi connectivity index (χ2n) is 2.36. The molecule has 12 heavy (non-hydrogen) atoms. The van der Waals surface area contributed by atoms with Crippen molar-refractivity contribution in [3.05, 3.63) is 33.7 Å². The zero-order chi connectivity index (χ0) is 9.14. The molecular formula is C10H6N2. The number of benzene rings is 1. The number of hydrogen-bond acceptors (Lipinski definition) is 2. The van der Waals surface area contributed by atoms with Gasteiger partial charge in [0.05, 0.1) is 11.1 Å². The van der Waals surface area contributed by atoms with E-state index in [1.165, 1.54) is 0 Å². The van der Waals surface area contributed by atoms with Crippen LogP contribution in [0.3, 0.4) is 0 Å². The molecule has 0 fully saturated rings. The predicted octanol–water partition coefficient (Wildman–Crippen LogP) is 0.251. The fraction of sp³-hybridized carbons (Fsp3) is 0. The van der Waals surface area contributed by atoms with Crippen molar-refractivity contribution in [3.63, 3.8) is 0 Å². The lowest BCUT2D eigenvalue weighted by molar-refractivity contribution is 1.38. The van der Waals surface area contributed by atoms with Crippen molar-refractivity contribution in [2.75, 3.05) is 0 Å². The molecule has 0 amide bonds. The Kier molecular flexibility index (Phi) is 1.94. The minimum absolute atomic E-state index is 0.324. The van der Waals surface area contributed by atoms with Crippen molar-refractivity contribution < 1.29 is 0 Å². The zero-order valence-corrected chi connectivity index (χ0v) is 6.46. The zero-order valence-electron chi connectivity index (χ0n) is 6.46. The van der Waals surface area contributed by atoms with Gasteiger partial charge in [-0.25, -0.2) is 0 Å². The summed E-state index contributed by atoms with van der Waals surface area (Å²) in [5.41, 5.74) is 0.648. The van der Waals surface area contributed by atoms with Crippen LogP contribution in [0.5, 0.6) is 0 Å². The summed E-state index contributed by atoms with van der Waals surface area (Å²) in [6, 6.07) is 7.23. The van der Waals surface area contributed by atoms with E-state index in [1.54, 1.807) is 12.1 Å². The Hall–Kier alpha value is -2.06. The lowest BCUT2D eigenvalue weighted by atomic mass is 10.1. The second kappa shape index (κ2) is 2.90. The lowest BCUT2D eigenvalue weighted by Crippen LogP contribution is -2.15. The summed E-state index contributed by atoms with van der Waals surface area (Å²) in [4.78, 5) is 0. The maximum Gasteiger partial charge on any atom is 0.101 e. The van der Waals surface area contributed by atoms with Crippen molar-refractivity contribution in [2.45, 2.75) is 0 Å². The van der Waals surface area contributed by atoms with Crippen LogP contribution < -0.4 is 10.4 Å². The van der Waals surface area contributed by atoms with Gasteiger partial charge in [0.2, 0.25) is 0 Å². The highest BCUT2D eigenvalue weighted by atomic mass is 14.3. The first-order valence-electron chi connectivity index (χ1n) is 3.32. The molecule has 0 spiro atoms. The third kappa shape index (κ3) is 1.07. The van der Waals surface area contributed by atoms with Crippen molar-refractivity contribution in [2.24, 2.45) is 0 Å². The van der Waals surface area contributed by atoms with Gasteiger partial charge in [-0.1, -0.05) is 25.3 Å². The molecule has 1 aromatic rings. The van der Waals surface area contributed by atoms with E-state index >= 15 is 0 Å². The largest absolute Gasteiger partial charge is 0.192 e. The van der Waals surface area contributed by atoms with E-state index in [0.717, 1.165) is 0 Å². The van der Waals surface area contributed by atoms with Crippen LogP contribution in [-0.4, -0.2) is 0 Å². The highest BCUT2D eigenvalue weighted by Gasteiger charge is 2.01. The summed E-state index contributed by atoms with van der Waals surface area (Å²) in [7, 11) is 0. The van der Waals surface area contributed by atoms with Gasteiger partial charge in [0.1, 0.15) is 12.1 Å². The molecule has 56 valence electrons. The van der Waals surface area contributed by atoms with E-state index < -0.39 is 0 Å². The fourth-order valence-corrected chi connectivity index (χ4v) is 0.944. The summed E-state index contributed by atoms with van der Waals surface area (Å²) >= 11 is 0. The maximum absolute atomic E-state index is 8.69. The van der Waals surface area contributed by atoms with Crippen LogP contribution in [0, 0.1) is 22.7 Å². The van der Waals surface area contributed by atoms with Gasteiger partial charge < -0.3 is 0 Å². The Morgan fingerprint density at radius 2 is 1.25 bits per heavy atom. The molecule has 0 saturated heterocycles. The van der Waals surface area contributed by atoms with E-state index in [9.17, 15) is 0 Å². The summed E-state index contributed by atoms with van der Waals surface area (Å²) in [5, 5.41) is 18.5. The molecule has 1 rings (SSSR count). The molecule has 2 nitrogen and oxygen atoms in total. The number of rotatable bonds is 0. The van der Waals surface area contributed by atoms with Gasteiger partial charge in [0.15, 0.2) is 0 Å². The SMILES string of the molecule is C=c1ccc(=C)c(C#N)c1C#N. The van der Waals surface area contributed by atoms with Crippen LogP contribution >= 0.6 is 0 Å². The second-order valence-corrected chi connectivity index (χ2v) is 2.36. The van der Waals surface area contributed by atoms with Crippen molar-refractivity contribution in [1.82, 2.24) is 0 Å². The first-order chi connectivity index (χ1) is 5.70. The third-order valence-electron chi connectivity index (χ3n) is 1.60. The monoisotopic (exact) mass is 154 g/mol. The molecule has 0 heterocycles. The average Bonchev–Trinajstić information content (AvgIpc) is 2.08. The molecule has 0 aliphatic carbocycles. The Labute approximate surface area is 70.3 Å². The summed E-state index contributed by atoms with van der Waals surface area (Å²) < 4.78 is 0. The van der Waals surface area contributed by atoms with Crippen LogP contribution in [0.25, 0.3) is 13.2 Å². The van der Waals surface area contributed by atoms with Crippen LogP contribution in [0.2, 0.25) is 0 Å². The molecule has 0 unspecified atom stereocenters. The smallest absolute Gasteiger partial charge is 0.101 e. The molecule has 0 aromatic heterocycles. The highest BCUT2D eigenvalue weighted by Crippen LogP contribution is 1.92. The normalized spacial score (nSPS) is 8.50. The summed E-state index contributed by atoms with van der Waals surface area (Å²) in [5.74, 6) is 0. The van der Waals surface area contributed by atoms with E-state index in [-0.39, 0.29) is 0 Å². The van der Waals surface area contributed by atoms with Gasteiger partial charge in [-0.3, -0.25) is 0 Å². The molecule has 0 bridgehead atoms. The van der Waals surface area contributed by atoms with E-state index in [1.807, 2.05) is 12.1 Å². The van der Waals surface area contributed by atoms with Gasteiger partial charge >= 0.3 is 0 Å². The molecule has 1 aromatic carbocycles. The molecule has 0 saturated carbocycles. The number of nitrogens with zero attached hydrogens (tertiary/aromatic N) is 2. The first-order valence-corrected chi connectivity index (χ1v) is 3.32. The van der Waals surface area contributed by atoms with E-state index in [2.05, 4.69) is 13.2 Å². The van der Waals surface area contributed by atoms with Gasteiger partial charge in [0.25, 0.3) is 0 Å². The number of nitriles is 2. The Balaban J connectivity index is 3.80. The predicted molar refractivity (Wildman–Crippen MR) is 46.2 cm³/mol. The van der Waals surface area contributed by atoms with E-state index in [0.29, 0.717) is 21.6 Å².